The van der Waals surface area contributed by atoms with Gasteiger partial charge in [0.15, 0.2) is 11.3 Å². The van der Waals surface area contributed by atoms with Gasteiger partial charge in [-0.3, -0.25) is 0 Å². The van der Waals surface area contributed by atoms with Gasteiger partial charge < -0.3 is 4.98 Å². The van der Waals surface area contributed by atoms with Crippen LogP contribution in [0.15, 0.2) is 18.7 Å². The van der Waals surface area contributed by atoms with E-state index in [1.54, 1.807) is 18.7 Å². The van der Waals surface area contributed by atoms with Crippen molar-refractivity contribution in [2.45, 2.75) is 7.43 Å². The number of hydrogen-bond donors (Lipinski definition) is 1. The lowest BCUT2D eigenvalue weighted by atomic mass is 10.7. The maximum absolute atomic E-state index is 3.96. The SMILES string of the molecule is C.c1cnc2[nH]cnc2n1. The van der Waals surface area contributed by atoms with Gasteiger partial charge in [-0.05, 0) is 0 Å². The molecule has 10 heavy (non-hydrogen) atoms. The van der Waals surface area contributed by atoms with Crippen molar-refractivity contribution < 1.29 is 0 Å². The van der Waals surface area contributed by atoms with Crippen molar-refractivity contribution in [1.29, 1.82) is 0 Å². The molecule has 52 valence electrons. The van der Waals surface area contributed by atoms with E-state index < -0.39 is 0 Å². The molecule has 4 heteroatoms. The molecule has 0 bridgehead atoms. The van der Waals surface area contributed by atoms with E-state index in [1.165, 1.54) is 0 Å². The van der Waals surface area contributed by atoms with Crippen LogP contribution in [-0.2, 0) is 0 Å². The van der Waals surface area contributed by atoms with E-state index in [-0.39, 0.29) is 7.43 Å². The monoisotopic (exact) mass is 136 g/mol. The van der Waals surface area contributed by atoms with Crippen molar-refractivity contribution in [1.82, 2.24) is 19.9 Å². The summed E-state index contributed by atoms with van der Waals surface area (Å²) in [5.74, 6) is 0. The summed E-state index contributed by atoms with van der Waals surface area (Å²) in [5, 5.41) is 0. The molecule has 2 heterocycles. The number of aromatic amines is 1. The zero-order valence-corrected chi connectivity index (χ0v) is 4.57. The first-order valence-corrected chi connectivity index (χ1v) is 2.57. The second-order valence-corrected chi connectivity index (χ2v) is 1.63. The summed E-state index contributed by atoms with van der Waals surface area (Å²) in [4.78, 5) is 14.6. The van der Waals surface area contributed by atoms with Gasteiger partial charge in [0.2, 0.25) is 0 Å². The van der Waals surface area contributed by atoms with E-state index in [9.17, 15) is 0 Å². The van der Waals surface area contributed by atoms with Crippen LogP contribution in [-0.4, -0.2) is 19.9 Å². The number of nitrogens with one attached hydrogen (secondary N) is 1. The first kappa shape index (κ1) is 6.67. The van der Waals surface area contributed by atoms with Gasteiger partial charge in [0.05, 0.1) is 6.33 Å². The Labute approximate surface area is 58.4 Å². The van der Waals surface area contributed by atoms with E-state index in [4.69, 9.17) is 0 Å². The number of rotatable bonds is 0. The van der Waals surface area contributed by atoms with Gasteiger partial charge in [-0.2, -0.15) is 0 Å². The van der Waals surface area contributed by atoms with Crippen LogP contribution in [0, 0.1) is 0 Å². The highest BCUT2D eigenvalue weighted by atomic mass is 15.0. The Balaban J connectivity index is 0.000000500. The van der Waals surface area contributed by atoms with Gasteiger partial charge in [0.1, 0.15) is 0 Å². The third kappa shape index (κ3) is 0.834. The normalized spacial score (nSPS) is 9.20. The van der Waals surface area contributed by atoms with Crippen LogP contribution in [0.2, 0.25) is 0 Å². The maximum atomic E-state index is 3.96. The van der Waals surface area contributed by atoms with Gasteiger partial charge in [-0.15, -0.1) is 0 Å². The van der Waals surface area contributed by atoms with E-state index in [1.807, 2.05) is 0 Å². The Morgan fingerprint density at radius 2 is 1.90 bits per heavy atom. The zero-order chi connectivity index (χ0) is 6.10. The molecule has 2 rings (SSSR count). The van der Waals surface area contributed by atoms with Gasteiger partial charge in [0, 0.05) is 12.4 Å². The van der Waals surface area contributed by atoms with Crippen molar-refractivity contribution in [2.75, 3.05) is 0 Å². The van der Waals surface area contributed by atoms with E-state index in [0.29, 0.717) is 5.65 Å². The number of aromatic nitrogens is 4. The Morgan fingerprint density at radius 1 is 1.10 bits per heavy atom. The van der Waals surface area contributed by atoms with Crippen LogP contribution in [0.25, 0.3) is 11.3 Å². The van der Waals surface area contributed by atoms with Gasteiger partial charge in [-0.25, -0.2) is 15.0 Å². The van der Waals surface area contributed by atoms with Crippen molar-refractivity contribution in [3.8, 4) is 0 Å². The first-order chi connectivity index (χ1) is 4.47. The topological polar surface area (TPSA) is 54.5 Å². The van der Waals surface area contributed by atoms with Gasteiger partial charge in [0.25, 0.3) is 0 Å². The summed E-state index contributed by atoms with van der Waals surface area (Å²) < 4.78 is 0. The van der Waals surface area contributed by atoms with Gasteiger partial charge >= 0.3 is 0 Å². The molecule has 0 atom stereocenters. The lowest BCUT2D eigenvalue weighted by Crippen LogP contribution is -1.77. The summed E-state index contributed by atoms with van der Waals surface area (Å²) in [5.41, 5.74) is 1.40. The van der Waals surface area contributed by atoms with Crippen LogP contribution in [0.1, 0.15) is 7.43 Å². The molecule has 0 spiro atoms. The molecular formula is C6H8N4. The lowest BCUT2D eigenvalue weighted by molar-refractivity contribution is 1.26. The second-order valence-electron chi connectivity index (χ2n) is 1.63. The molecule has 0 amide bonds. The summed E-state index contributed by atoms with van der Waals surface area (Å²) >= 11 is 0. The summed E-state index contributed by atoms with van der Waals surface area (Å²) in [6, 6.07) is 0. The van der Waals surface area contributed by atoms with E-state index in [0.717, 1.165) is 5.65 Å². The maximum Gasteiger partial charge on any atom is 0.197 e. The molecule has 0 saturated carbocycles. The van der Waals surface area contributed by atoms with Crippen LogP contribution in [0.4, 0.5) is 0 Å². The Kier molecular flexibility index (Phi) is 1.62. The van der Waals surface area contributed by atoms with Crippen LogP contribution in [0.3, 0.4) is 0 Å². The predicted octanol–water partition coefficient (Wildman–Crippen LogP) is 0.989. The minimum Gasteiger partial charge on any atom is -0.328 e. The molecule has 4 nitrogen and oxygen atoms in total. The highest BCUT2D eigenvalue weighted by Gasteiger charge is 1.91. The fourth-order valence-electron chi connectivity index (χ4n) is 0.682. The average molecular weight is 136 g/mol. The predicted molar refractivity (Wildman–Crippen MR) is 38.4 cm³/mol. The fraction of sp³-hybridized carbons (Fsp3) is 0.167. The molecule has 0 aliphatic heterocycles. The van der Waals surface area contributed by atoms with E-state index in [2.05, 4.69) is 19.9 Å². The minimum absolute atomic E-state index is 0. The van der Waals surface area contributed by atoms with Gasteiger partial charge in [-0.1, -0.05) is 7.43 Å². The molecule has 2 aromatic rings. The third-order valence-electron chi connectivity index (χ3n) is 1.07. The van der Waals surface area contributed by atoms with Crippen molar-refractivity contribution in [2.24, 2.45) is 0 Å². The van der Waals surface area contributed by atoms with E-state index >= 15 is 0 Å². The molecule has 0 aromatic carbocycles. The summed E-state index contributed by atoms with van der Waals surface area (Å²) in [6.07, 6.45) is 4.81. The number of imidazole rings is 1. The van der Waals surface area contributed by atoms with Crippen molar-refractivity contribution >= 4 is 11.3 Å². The number of fused-ring (bicyclic) bond motifs is 1. The molecule has 0 unspecified atom stereocenters. The average Bonchev–Trinajstić information content (AvgIpc) is 2.33. The summed E-state index contributed by atoms with van der Waals surface area (Å²) in [6.45, 7) is 0. The number of nitrogens with zero attached hydrogens (tertiary/aromatic N) is 3. The molecule has 0 aliphatic carbocycles. The highest BCUT2D eigenvalue weighted by molar-refractivity contribution is 5.63. The Bertz CT molecular complexity index is 284. The Morgan fingerprint density at radius 3 is 2.70 bits per heavy atom. The molecule has 0 fully saturated rings. The number of hydrogen-bond acceptors (Lipinski definition) is 3. The third-order valence-corrected chi connectivity index (χ3v) is 1.07. The molecule has 0 radical (unpaired) electrons. The first-order valence-electron chi connectivity index (χ1n) is 2.57. The second kappa shape index (κ2) is 2.43. The molecule has 2 aromatic heterocycles. The summed E-state index contributed by atoms with van der Waals surface area (Å²) in [7, 11) is 0. The zero-order valence-electron chi connectivity index (χ0n) is 4.57. The standard InChI is InChI=1S/C5H4N4.CH4/c1-2-7-5-4(6-1)8-3-9-5;/h1-3H,(H,6,7,8,9);1H4. The minimum atomic E-state index is 0. The lowest BCUT2D eigenvalue weighted by Gasteiger charge is -1.80. The van der Waals surface area contributed by atoms with Crippen molar-refractivity contribution in [3.63, 3.8) is 0 Å². The Hall–Kier alpha value is -1.45. The quantitative estimate of drug-likeness (QED) is 0.587. The molecule has 0 aliphatic rings. The smallest absolute Gasteiger partial charge is 0.197 e. The van der Waals surface area contributed by atoms with Crippen LogP contribution < -0.4 is 0 Å². The number of H-pyrrole nitrogens is 1. The molecule has 0 saturated heterocycles. The molecule has 1 N–H and O–H groups in total. The largest absolute Gasteiger partial charge is 0.328 e. The van der Waals surface area contributed by atoms with Crippen molar-refractivity contribution in [3.05, 3.63) is 18.7 Å². The van der Waals surface area contributed by atoms with Crippen LogP contribution in [0.5, 0.6) is 0 Å². The van der Waals surface area contributed by atoms with Crippen LogP contribution >= 0.6 is 0 Å². The fourth-order valence-corrected chi connectivity index (χ4v) is 0.682. The molecular weight excluding hydrogens is 128 g/mol. The highest BCUT2D eigenvalue weighted by Crippen LogP contribution is 1.96.